The number of hydrogen-bond donors (Lipinski definition) is 2. The maximum Gasteiger partial charge on any atom is 0.323 e. The van der Waals surface area contributed by atoms with Crippen LogP contribution in [0.3, 0.4) is 0 Å². The van der Waals surface area contributed by atoms with Gasteiger partial charge in [-0.05, 0) is 24.3 Å². The molecule has 0 saturated heterocycles. The van der Waals surface area contributed by atoms with E-state index in [1.54, 1.807) is 24.5 Å². The topological polar surface area (TPSA) is 110 Å². The molecular weight excluding hydrogens is 346 g/mol. The Morgan fingerprint density at radius 2 is 1.70 bits per heavy atom. The quantitative estimate of drug-likeness (QED) is 0.321. The molecule has 0 radical (unpaired) electrons. The molecule has 4 rings (SSSR count). The van der Waals surface area contributed by atoms with Crippen LogP contribution in [0.5, 0.6) is 0 Å². The molecule has 8 heteroatoms. The second-order valence-corrected chi connectivity index (χ2v) is 5.78. The van der Waals surface area contributed by atoms with Gasteiger partial charge in [0.25, 0.3) is 5.69 Å². The minimum atomic E-state index is -0.530. The number of amides is 2. The van der Waals surface area contributed by atoms with Gasteiger partial charge in [-0.3, -0.25) is 20.1 Å². The molecule has 0 aliphatic heterocycles. The number of pyridine rings is 2. The first-order valence-corrected chi connectivity index (χ1v) is 8.07. The summed E-state index contributed by atoms with van der Waals surface area (Å²) in [5.74, 6) is 0. The number of hydrogen-bond acceptors (Lipinski definition) is 5. The Labute approximate surface area is 153 Å². The molecule has 0 atom stereocenters. The Kier molecular flexibility index (Phi) is 4.06. The Bertz CT molecular complexity index is 1190. The lowest BCUT2D eigenvalue weighted by atomic mass is 10.1. The molecule has 0 saturated carbocycles. The largest absolute Gasteiger partial charge is 0.323 e. The molecule has 0 aliphatic rings. The third-order valence-corrected chi connectivity index (χ3v) is 4.04. The predicted molar refractivity (Wildman–Crippen MR) is 103 cm³/mol. The monoisotopic (exact) mass is 359 g/mol. The summed E-state index contributed by atoms with van der Waals surface area (Å²) in [5, 5.41) is 18.0. The number of anilines is 2. The number of carbonyl (C=O) groups excluding carboxylic acids is 1. The molecule has 4 aromatic rings. The van der Waals surface area contributed by atoms with E-state index in [-0.39, 0.29) is 5.69 Å². The Balaban J connectivity index is 1.67. The average Bonchev–Trinajstić information content (AvgIpc) is 2.68. The minimum Gasteiger partial charge on any atom is -0.307 e. The highest BCUT2D eigenvalue weighted by Gasteiger charge is 2.12. The van der Waals surface area contributed by atoms with Gasteiger partial charge < -0.3 is 10.6 Å². The third kappa shape index (κ3) is 3.23. The van der Waals surface area contributed by atoms with Crippen LogP contribution in [0.4, 0.5) is 21.9 Å². The SMILES string of the molecule is O=C(Nc1cccc([N+](=O)[O-])c1)Nc1cc2ncccc2c2cccnc12. The van der Waals surface area contributed by atoms with Gasteiger partial charge in [-0.15, -0.1) is 0 Å². The van der Waals surface area contributed by atoms with Crippen LogP contribution in [0.15, 0.2) is 67.0 Å². The van der Waals surface area contributed by atoms with Crippen molar-refractivity contribution in [1.29, 1.82) is 0 Å². The van der Waals surface area contributed by atoms with Crippen LogP contribution in [0.1, 0.15) is 0 Å². The van der Waals surface area contributed by atoms with E-state index in [9.17, 15) is 14.9 Å². The molecule has 2 N–H and O–H groups in total. The van der Waals surface area contributed by atoms with Crippen LogP contribution in [0, 0.1) is 10.1 Å². The Morgan fingerprint density at radius 1 is 0.926 bits per heavy atom. The highest BCUT2D eigenvalue weighted by atomic mass is 16.6. The van der Waals surface area contributed by atoms with Crippen molar-refractivity contribution in [3.05, 3.63) is 77.1 Å². The first kappa shape index (κ1) is 16.4. The second-order valence-electron chi connectivity index (χ2n) is 5.78. The van der Waals surface area contributed by atoms with E-state index in [1.165, 1.54) is 18.2 Å². The molecule has 0 spiro atoms. The molecule has 132 valence electrons. The van der Waals surface area contributed by atoms with Gasteiger partial charge >= 0.3 is 6.03 Å². The average molecular weight is 359 g/mol. The molecule has 2 aromatic heterocycles. The number of benzene rings is 2. The zero-order chi connectivity index (χ0) is 18.8. The third-order valence-electron chi connectivity index (χ3n) is 4.04. The molecule has 2 aromatic carbocycles. The normalized spacial score (nSPS) is 10.7. The number of fused-ring (bicyclic) bond motifs is 3. The zero-order valence-corrected chi connectivity index (χ0v) is 13.9. The summed E-state index contributed by atoms with van der Waals surface area (Å²) >= 11 is 0. The van der Waals surface area contributed by atoms with Gasteiger partial charge in [0.1, 0.15) is 0 Å². The smallest absolute Gasteiger partial charge is 0.307 e. The lowest BCUT2D eigenvalue weighted by molar-refractivity contribution is -0.384. The fourth-order valence-corrected chi connectivity index (χ4v) is 2.88. The summed E-state index contributed by atoms with van der Waals surface area (Å²) in [6.45, 7) is 0. The lowest BCUT2D eigenvalue weighted by Crippen LogP contribution is -2.19. The first-order chi connectivity index (χ1) is 13.1. The van der Waals surface area contributed by atoms with E-state index in [0.29, 0.717) is 16.9 Å². The van der Waals surface area contributed by atoms with Gasteiger partial charge in [-0.25, -0.2) is 4.79 Å². The van der Waals surface area contributed by atoms with Crippen molar-refractivity contribution >= 4 is 44.9 Å². The number of nitro groups is 1. The number of nitro benzene ring substituents is 1. The van der Waals surface area contributed by atoms with Crippen molar-refractivity contribution in [2.45, 2.75) is 0 Å². The maximum atomic E-state index is 12.4. The van der Waals surface area contributed by atoms with Crippen molar-refractivity contribution < 1.29 is 9.72 Å². The number of urea groups is 1. The molecule has 0 fully saturated rings. The van der Waals surface area contributed by atoms with Crippen molar-refractivity contribution in [2.75, 3.05) is 10.6 Å². The summed E-state index contributed by atoms with van der Waals surface area (Å²) in [6, 6.07) is 14.5. The molecule has 27 heavy (non-hydrogen) atoms. The van der Waals surface area contributed by atoms with E-state index in [1.807, 2.05) is 24.3 Å². The van der Waals surface area contributed by atoms with Crippen molar-refractivity contribution in [1.82, 2.24) is 9.97 Å². The fourth-order valence-electron chi connectivity index (χ4n) is 2.88. The van der Waals surface area contributed by atoms with Crippen LogP contribution >= 0.6 is 0 Å². The lowest BCUT2D eigenvalue weighted by Gasteiger charge is -2.11. The van der Waals surface area contributed by atoms with E-state index in [0.717, 1.165) is 16.3 Å². The van der Waals surface area contributed by atoms with E-state index in [4.69, 9.17) is 0 Å². The zero-order valence-electron chi connectivity index (χ0n) is 13.9. The Hall–Kier alpha value is -4.07. The van der Waals surface area contributed by atoms with Crippen LogP contribution in [-0.4, -0.2) is 20.9 Å². The summed E-state index contributed by atoms with van der Waals surface area (Å²) < 4.78 is 0. The van der Waals surface area contributed by atoms with Crippen LogP contribution in [-0.2, 0) is 0 Å². The number of non-ortho nitro benzene ring substituents is 1. The van der Waals surface area contributed by atoms with Gasteiger partial charge in [0.05, 0.1) is 21.6 Å². The van der Waals surface area contributed by atoms with Crippen molar-refractivity contribution in [3.8, 4) is 0 Å². The van der Waals surface area contributed by atoms with Gasteiger partial charge in [0.2, 0.25) is 0 Å². The fraction of sp³-hybridized carbons (Fsp3) is 0. The molecular formula is C19H13N5O3. The van der Waals surface area contributed by atoms with E-state index < -0.39 is 11.0 Å². The number of nitrogens with zero attached hydrogens (tertiary/aromatic N) is 3. The molecule has 2 amide bonds. The molecule has 0 aliphatic carbocycles. The van der Waals surface area contributed by atoms with Gasteiger partial charge in [-0.1, -0.05) is 18.2 Å². The standard InChI is InChI=1S/C19H13N5O3/c25-19(22-12-4-1-5-13(10-12)24(26)27)23-17-11-16-14(6-2-8-20-16)15-7-3-9-21-18(15)17/h1-11H,(H2,22,23,25). The van der Waals surface area contributed by atoms with E-state index in [2.05, 4.69) is 20.6 Å². The molecule has 0 bridgehead atoms. The summed E-state index contributed by atoms with van der Waals surface area (Å²) in [6.07, 6.45) is 3.33. The van der Waals surface area contributed by atoms with Gasteiger partial charge in [0.15, 0.2) is 0 Å². The van der Waals surface area contributed by atoms with Crippen LogP contribution in [0.2, 0.25) is 0 Å². The van der Waals surface area contributed by atoms with Crippen molar-refractivity contribution in [3.63, 3.8) is 0 Å². The first-order valence-electron chi connectivity index (χ1n) is 8.07. The van der Waals surface area contributed by atoms with Crippen LogP contribution in [0.25, 0.3) is 21.8 Å². The van der Waals surface area contributed by atoms with Crippen LogP contribution < -0.4 is 10.6 Å². The van der Waals surface area contributed by atoms with Gasteiger partial charge in [0, 0.05) is 41.0 Å². The summed E-state index contributed by atoms with van der Waals surface area (Å²) in [4.78, 5) is 31.5. The Morgan fingerprint density at radius 3 is 2.52 bits per heavy atom. The number of rotatable bonds is 3. The highest BCUT2D eigenvalue weighted by molar-refractivity contribution is 6.13. The number of nitrogens with one attached hydrogen (secondary N) is 2. The second kappa shape index (κ2) is 6.68. The highest BCUT2D eigenvalue weighted by Crippen LogP contribution is 2.29. The number of aromatic nitrogens is 2. The molecule has 8 nitrogen and oxygen atoms in total. The molecule has 0 unspecified atom stereocenters. The minimum absolute atomic E-state index is 0.102. The number of carbonyl (C=O) groups is 1. The van der Waals surface area contributed by atoms with E-state index >= 15 is 0 Å². The maximum absolute atomic E-state index is 12.4. The summed E-state index contributed by atoms with van der Waals surface area (Å²) in [7, 11) is 0. The molecule has 2 heterocycles. The van der Waals surface area contributed by atoms with Gasteiger partial charge in [-0.2, -0.15) is 0 Å². The predicted octanol–water partition coefficient (Wildman–Crippen LogP) is 4.34. The van der Waals surface area contributed by atoms with Crippen molar-refractivity contribution in [2.24, 2.45) is 0 Å². The summed E-state index contributed by atoms with van der Waals surface area (Å²) in [5.41, 5.74) is 2.07.